The van der Waals surface area contributed by atoms with Gasteiger partial charge in [-0.15, -0.1) is 0 Å². The topological polar surface area (TPSA) is 200 Å². The molecule has 7 rings (SSSR count). The lowest BCUT2D eigenvalue weighted by Gasteiger charge is -2.29. The van der Waals surface area contributed by atoms with Gasteiger partial charge in [-0.3, -0.25) is 28.6 Å². The van der Waals surface area contributed by atoms with Crippen LogP contribution in [0.3, 0.4) is 0 Å². The van der Waals surface area contributed by atoms with Crippen molar-refractivity contribution in [2.75, 3.05) is 13.7 Å². The molecule has 2 aliphatic carbocycles. The highest BCUT2D eigenvalue weighted by Crippen LogP contribution is 2.46. The summed E-state index contributed by atoms with van der Waals surface area (Å²) in [5.41, 5.74) is -1.29. The summed E-state index contributed by atoms with van der Waals surface area (Å²) in [6, 6.07) is 3.56. The van der Waals surface area contributed by atoms with E-state index in [0.717, 1.165) is 12.8 Å². The lowest BCUT2D eigenvalue weighted by molar-refractivity contribution is -0.141. The summed E-state index contributed by atoms with van der Waals surface area (Å²) < 4.78 is 62.1. The number of nitrogens with zero attached hydrogens (tertiary/aromatic N) is 4. The highest BCUT2D eigenvalue weighted by molar-refractivity contribution is 7.91. The van der Waals surface area contributed by atoms with Gasteiger partial charge in [0.1, 0.15) is 40.7 Å². The van der Waals surface area contributed by atoms with Crippen molar-refractivity contribution in [2.45, 2.75) is 107 Å². The first-order chi connectivity index (χ1) is 27.2. The minimum Gasteiger partial charge on any atom is -0.491 e. The number of allylic oxidation sites excluding steroid dienone is 1. The van der Waals surface area contributed by atoms with E-state index in [9.17, 15) is 32.0 Å². The molecule has 3 N–H and O–H groups in total. The number of fused-ring (bicyclic) bond motifs is 3. The monoisotopic (exact) mass is 809 g/mol. The van der Waals surface area contributed by atoms with E-state index in [-0.39, 0.29) is 60.5 Å². The Balaban J connectivity index is 1.23. The number of nitrogens with one attached hydrogen (secondary N) is 3. The number of sulfonamides is 1. The molecular weight excluding hydrogens is 762 g/mol. The van der Waals surface area contributed by atoms with E-state index in [4.69, 9.17) is 14.2 Å². The molecule has 5 unspecified atom stereocenters. The van der Waals surface area contributed by atoms with Crippen LogP contribution in [0.5, 0.6) is 17.4 Å². The number of ether oxygens (including phenoxy) is 3. The maximum atomic E-state index is 14.9. The van der Waals surface area contributed by atoms with Gasteiger partial charge in [-0.2, -0.15) is 5.10 Å². The number of pyridine rings is 1. The van der Waals surface area contributed by atoms with E-state index >= 15 is 0 Å². The summed E-state index contributed by atoms with van der Waals surface area (Å²) >= 11 is 0. The van der Waals surface area contributed by atoms with Gasteiger partial charge in [0, 0.05) is 37.0 Å². The van der Waals surface area contributed by atoms with Gasteiger partial charge in [-0.1, -0.05) is 25.0 Å². The van der Waals surface area contributed by atoms with Crippen molar-refractivity contribution in [2.24, 2.45) is 13.0 Å². The van der Waals surface area contributed by atoms with Gasteiger partial charge in [0.15, 0.2) is 11.6 Å². The fourth-order valence-corrected chi connectivity index (χ4v) is 8.94. The molecule has 2 aromatic heterocycles. The largest absolute Gasteiger partial charge is 0.491 e. The molecule has 306 valence electrons. The van der Waals surface area contributed by atoms with Crippen LogP contribution in [0.2, 0.25) is 0 Å². The van der Waals surface area contributed by atoms with Crippen molar-refractivity contribution in [1.29, 1.82) is 0 Å². The SMILES string of the molecule is COc1c(F)ccc2c(OC3CC4C(=O)NC5(C(=O)NS(=O)(=O)C6CC6)CC5/C=C\CCCCCC(NC(=O)c5ccn(C)n5)C(=O)N4C3)cc(OC(C)C)nc12. The lowest BCUT2D eigenvalue weighted by atomic mass is 10.0. The Morgan fingerprint density at radius 3 is 2.60 bits per heavy atom. The van der Waals surface area contributed by atoms with E-state index in [2.05, 4.69) is 25.4 Å². The Morgan fingerprint density at radius 2 is 1.89 bits per heavy atom. The number of rotatable bonds is 10. The molecule has 3 fully saturated rings. The molecule has 1 saturated heterocycles. The van der Waals surface area contributed by atoms with Crippen LogP contribution in [-0.2, 0) is 31.5 Å². The molecular formula is C39H48FN7O9S. The zero-order valence-corrected chi connectivity index (χ0v) is 33.1. The molecule has 57 heavy (non-hydrogen) atoms. The Bertz CT molecular complexity index is 2210. The Hall–Kier alpha value is -5.26. The Morgan fingerprint density at radius 1 is 1.11 bits per heavy atom. The predicted molar refractivity (Wildman–Crippen MR) is 204 cm³/mol. The number of benzene rings is 1. The number of aromatic nitrogens is 3. The number of aryl methyl sites for hydroxylation is 1. The summed E-state index contributed by atoms with van der Waals surface area (Å²) in [4.78, 5) is 62.1. The van der Waals surface area contributed by atoms with Gasteiger partial charge in [-0.05, 0) is 70.6 Å². The lowest BCUT2D eigenvalue weighted by Crippen LogP contribution is -2.58. The maximum Gasteiger partial charge on any atom is 0.272 e. The summed E-state index contributed by atoms with van der Waals surface area (Å²) in [5, 5.41) is 9.61. The van der Waals surface area contributed by atoms with Crippen LogP contribution in [0.15, 0.2) is 42.6 Å². The minimum absolute atomic E-state index is 0.0421. The zero-order chi connectivity index (χ0) is 40.6. The van der Waals surface area contributed by atoms with Crippen molar-refractivity contribution < 1.29 is 46.2 Å². The van der Waals surface area contributed by atoms with Crippen LogP contribution >= 0.6 is 0 Å². The third kappa shape index (κ3) is 8.55. The van der Waals surface area contributed by atoms with Crippen molar-refractivity contribution in [3.8, 4) is 17.4 Å². The minimum atomic E-state index is -3.93. The number of halogens is 1. The van der Waals surface area contributed by atoms with Gasteiger partial charge in [-0.25, -0.2) is 17.8 Å². The smallest absolute Gasteiger partial charge is 0.272 e. The second-order valence-electron chi connectivity index (χ2n) is 15.5. The normalized spacial score (nSPS) is 26.0. The average molecular weight is 810 g/mol. The molecule has 0 bridgehead atoms. The standard InChI is InChI=1S/C39H48FN7O9S/c1-22(2)55-32-19-31(26-14-15-27(40)34(54-4)33(26)42-32)56-24-18-30-36(49)43-39(38(51)45-57(52,53)25-12-13-25)20-23(39)10-8-6-5-7-9-11-29(37(50)47(30)21-24)41-35(48)28-16-17-46(3)44-28/h8,10,14-17,19,22-25,29-30H,5-7,9,11-13,18,20-21H2,1-4H3,(H,41,48)(H,43,49)(H,45,51)/b10-8-. The third-order valence-electron chi connectivity index (χ3n) is 10.8. The number of hydrogen-bond acceptors (Lipinski definition) is 11. The molecule has 1 aromatic carbocycles. The van der Waals surface area contributed by atoms with Crippen molar-refractivity contribution in [3.63, 3.8) is 0 Å². The molecule has 2 aliphatic heterocycles. The van der Waals surface area contributed by atoms with E-state index < -0.39 is 74.4 Å². The number of carbonyl (C=O) groups excluding carboxylic acids is 4. The molecule has 16 nitrogen and oxygen atoms in total. The number of hydrogen-bond donors (Lipinski definition) is 3. The van der Waals surface area contributed by atoms with Gasteiger partial charge in [0.25, 0.3) is 11.8 Å². The van der Waals surface area contributed by atoms with Gasteiger partial charge < -0.3 is 29.7 Å². The highest BCUT2D eigenvalue weighted by Gasteiger charge is 2.62. The third-order valence-corrected chi connectivity index (χ3v) is 12.6. The van der Waals surface area contributed by atoms with Crippen molar-refractivity contribution in [3.05, 3.63) is 54.1 Å². The van der Waals surface area contributed by atoms with Gasteiger partial charge in [0.2, 0.25) is 27.7 Å². The molecule has 0 spiro atoms. The number of methoxy groups -OCH3 is 1. The summed E-state index contributed by atoms with van der Waals surface area (Å²) in [7, 11) is -0.942. The predicted octanol–water partition coefficient (Wildman–Crippen LogP) is 3.05. The molecule has 4 amide bonds. The van der Waals surface area contributed by atoms with Gasteiger partial charge >= 0.3 is 0 Å². The fraction of sp³-hybridized carbons (Fsp3) is 0.538. The van der Waals surface area contributed by atoms with Crippen molar-refractivity contribution >= 4 is 44.6 Å². The maximum absolute atomic E-state index is 14.9. The zero-order valence-electron chi connectivity index (χ0n) is 32.3. The first kappa shape index (κ1) is 40.0. The van der Waals surface area contributed by atoms with Crippen LogP contribution in [0, 0.1) is 11.7 Å². The van der Waals surface area contributed by atoms with Gasteiger partial charge in [0.05, 0.1) is 25.0 Å². The summed E-state index contributed by atoms with van der Waals surface area (Å²) in [5.74, 6) is -3.45. The molecule has 18 heteroatoms. The van der Waals surface area contributed by atoms with E-state index in [1.165, 1.54) is 34.9 Å². The summed E-state index contributed by atoms with van der Waals surface area (Å²) in [6.07, 6.45) is 8.32. The quantitative estimate of drug-likeness (QED) is 0.255. The fourth-order valence-electron chi connectivity index (χ4n) is 7.58. The molecule has 3 aromatic rings. The Kier molecular flexibility index (Phi) is 11.2. The van der Waals surface area contributed by atoms with E-state index in [1.54, 1.807) is 33.2 Å². The second kappa shape index (κ2) is 15.9. The Labute approximate surface area is 329 Å². The van der Waals surface area contributed by atoms with Crippen LogP contribution in [-0.4, -0.2) is 100 Å². The average Bonchev–Trinajstić information content (AvgIpc) is 4.04. The summed E-state index contributed by atoms with van der Waals surface area (Å²) in [6.45, 7) is 3.51. The van der Waals surface area contributed by atoms with Crippen LogP contribution in [0.1, 0.15) is 82.1 Å². The molecule has 4 aliphatic rings. The first-order valence-electron chi connectivity index (χ1n) is 19.4. The van der Waals surface area contributed by atoms with E-state index in [1.807, 2.05) is 12.2 Å². The molecule has 4 heterocycles. The van der Waals surface area contributed by atoms with Crippen LogP contribution in [0.25, 0.3) is 10.9 Å². The number of amides is 4. The second-order valence-corrected chi connectivity index (χ2v) is 17.5. The molecule has 5 atom stereocenters. The van der Waals surface area contributed by atoms with Crippen LogP contribution < -0.4 is 29.6 Å². The molecule has 0 radical (unpaired) electrons. The first-order valence-corrected chi connectivity index (χ1v) is 20.9. The van der Waals surface area contributed by atoms with E-state index in [0.29, 0.717) is 31.1 Å². The highest BCUT2D eigenvalue weighted by atomic mass is 32.2. The van der Waals surface area contributed by atoms with Crippen molar-refractivity contribution in [1.82, 2.24) is 35.0 Å². The van der Waals surface area contributed by atoms with Crippen LogP contribution in [0.4, 0.5) is 4.39 Å². The number of carbonyl (C=O) groups is 4. The molecule has 2 saturated carbocycles.